The highest BCUT2D eigenvalue weighted by molar-refractivity contribution is 9.10. The van der Waals surface area contributed by atoms with Gasteiger partial charge in [-0.2, -0.15) is 5.26 Å². The van der Waals surface area contributed by atoms with E-state index in [2.05, 4.69) is 20.9 Å². The van der Waals surface area contributed by atoms with Crippen LogP contribution in [-0.2, 0) is 0 Å². The Balaban J connectivity index is 2.84. The number of hydrogen-bond donors (Lipinski definition) is 3. The van der Waals surface area contributed by atoms with Gasteiger partial charge in [-0.1, -0.05) is 0 Å². The third-order valence-corrected chi connectivity index (χ3v) is 3.31. The number of aromatic hydroxyl groups is 2. The highest BCUT2D eigenvalue weighted by Gasteiger charge is 2.17. The molecule has 0 fully saturated rings. The molecule has 0 saturated carbocycles. The van der Waals surface area contributed by atoms with E-state index in [1.54, 1.807) is 19.1 Å². The number of pyridine rings is 1. The van der Waals surface area contributed by atoms with Gasteiger partial charge in [-0.25, -0.2) is 0 Å². The number of nitrogens with one attached hydrogen (secondary N) is 1. The summed E-state index contributed by atoms with van der Waals surface area (Å²) in [6.07, 6.45) is 0. The molecule has 2 aromatic rings. The third kappa shape index (κ3) is 2.20. The Hall–Kier alpha value is -2.26. The maximum Gasteiger partial charge on any atom is 0.266 e. The van der Waals surface area contributed by atoms with E-state index >= 15 is 0 Å². The number of aryl methyl sites for hydroxylation is 1. The second-order valence-corrected chi connectivity index (χ2v) is 4.83. The van der Waals surface area contributed by atoms with E-state index in [0.29, 0.717) is 10.2 Å². The lowest BCUT2D eigenvalue weighted by molar-refractivity contribution is 0.403. The average Bonchev–Trinajstić information content (AvgIpc) is 2.35. The quantitative estimate of drug-likeness (QED) is 0.703. The van der Waals surface area contributed by atoms with Crippen LogP contribution in [0, 0.1) is 18.3 Å². The fourth-order valence-electron chi connectivity index (χ4n) is 1.78. The highest BCUT2D eigenvalue weighted by Crippen LogP contribution is 2.41. The number of hydrogen-bond acceptors (Lipinski definition) is 4. The molecule has 6 heteroatoms. The van der Waals surface area contributed by atoms with Gasteiger partial charge in [0, 0.05) is 16.8 Å². The molecule has 0 bridgehead atoms. The zero-order valence-corrected chi connectivity index (χ0v) is 11.4. The van der Waals surface area contributed by atoms with Crippen LogP contribution in [0.4, 0.5) is 0 Å². The fraction of sp³-hybridized carbons (Fsp3) is 0.0769. The van der Waals surface area contributed by atoms with Crippen molar-refractivity contribution >= 4 is 15.9 Å². The normalized spacial score (nSPS) is 10.2. The Kier molecular flexibility index (Phi) is 3.32. The molecule has 0 unspecified atom stereocenters. The van der Waals surface area contributed by atoms with Gasteiger partial charge in [-0.05, 0) is 41.1 Å². The van der Waals surface area contributed by atoms with Crippen LogP contribution in [0.15, 0.2) is 27.5 Å². The van der Waals surface area contributed by atoms with Crippen molar-refractivity contribution < 1.29 is 10.2 Å². The van der Waals surface area contributed by atoms with E-state index in [9.17, 15) is 15.0 Å². The molecule has 19 heavy (non-hydrogen) atoms. The van der Waals surface area contributed by atoms with Crippen LogP contribution in [0.3, 0.4) is 0 Å². The van der Waals surface area contributed by atoms with Crippen LogP contribution in [0.1, 0.15) is 11.3 Å². The van der Waals surface area contributed by atoms with Crippen molar-refractivity contribution in [2.75, 3.05) is 0 Å². The van der Waals surface area contributed by atoms with Crippen molar-refractivity contribution in [2.24, 2.45) is 0 Å². The van der Waals surface area contributed by atoms with Crippen molar-refractivity contribution in [3.8, 4) is 28.7 Å². The van der Waals surface area contributed by atoms with Gasteiger partial charge in [0.05, 0.1) is 4.47 Å². The average molecular weight is 321 g/mol. The Bertz CT molecular complexity index is 760. The standard InChI is InChI=1S/C13H9BrN2O3/c1-6-4-8(9(5-15)13(19)16-6)7-2-3-10(14)12(18)11(7)17/h2-4,17-18H,1H3,(H,16,19). The van der Waals surface area contributed by atoms with E-state index in [1.165, 1.54) is 12.1 Å². The number of nitrogens with zero attached hydrogens (tertiary/aromatic N) is 1. The molecule has 2 rings (SSSR count). The van der Waals surface area contributed by atoms with Crippen molar-refractivity contribution in [1.82, 2.24) is 4.98 Å². The smallest absolute Gasteiger partial charge is 0.266 e. The highest BCUT2D eigenvalue weighted by atomic mass is 79.9. The SMILES string of the molecule is Cc1cc(-c2ccc(Br)c(O)c2O)c(C#N)c(=O)[nH]1. The van der Waals surface area contributed by atoms with E-state index in [4.69, 9.17) is 5.26 Å². The molecule has 0 radical (unpaired) electrons. The predicted octanol–water partition coefficient (Wildman–Crippen LogP) is 2.40. The third-order valence-electron chi connectivity index (χ3n) is 2.67. The van der Waals surface area contributed by atoms with Crippen molar-refractivity contribution in [3.63, 3.8) is 0 Å². The first kappa shape index (κ1) is 13.2. The Morgan fingerprint density at radius 1 is 1.26 bits per heavy atom. The molecule has 3 N–H and O–H groups in total. The minimum atomic E-state index is -0.528. The molecule has 0 atom stereocenters. The van der Waals surface area contributed by atoms with Gasteiger partial charge in [0.2, 0.25) is 0 Å². The molecule has 0 aliphatic rings. The Morgan fingerprint density at radius 3 is 2.58 bits per heavy atom. The molecule has 1 heterocycles. The summed E-state index contributed by atoms with van der Waals surface area (Å²) in [5.41, 5.74) is 0.429. The Morgan fingerprint density at radius 2 is 1.95 bits per heavy atom. The summed E-state index contributed by atoms with van der Waals surface area (Å²) >= 11 is 3.07. The summed E-state index contributed by atoms with van der Waals surface area (Å²) < 4.78 is 0.328. The van der Waals surface area contributed by atoms with E-state index in [1.807, 2.05) is 0 Å². The molecule has 0 spiro atoms. The molecular formula is C13H9BrN2O3. The monoisotopic (exact) mass is 320 g/mol. The molecule has 96 valence electrons. The molecular weight excluding hydrogens is 312 g/mol. The number of benzene rings is 1. The second kappa shape index (κ2) is 4.78. The molecule has 1 aromatic heterocycles. The fourth-order valence-corrected chi connectivity index (χ4v) is 2.10. The number of phenolic OH excluding ortho intramolecular Hbond substituents is 2. The van der Waals surface area contributed by atoms with Gasteiger partial charge >= 0.3 is 0 Å². The number of aromatic amines is 1. The summed E-state index contributed by atoms with van der Waals surface area (Å²) in [4.78, 5) is 14.2. The second-order valence-electron chi connectivity index (χ2n) is 3.97. The largest absolute Gasteiger partial charge is 0.504 e. The van der Waals surface area contributed by atoms with Crippen molar-refractivity contribution in [2.45, 2.75) is 6.92 Å². The first-order valence-electron chi connectivity index (χ1n) is 5.30. The van der Waals surface area contributed by atoms with Gasteiger partial charge in [0.25, 0.3) is 5.56 Å². The van der Waals surface area contributed by atoms with Gasteiger partial charge in [0.1, 0.15) is 11.6 Å². The van der Waals surface area contributed by atoms with Gasteiger partial charge in [-0.15, -0.1) is 0 Å². The summed E-state index contributed by atoms with van der Waals surface area (Å²) in [7, 11) is 0. The number of phenols is 2. The lowest BCUT2D eigenvalue weighted by Crippen LogP contribution is -2.12. The molecule has 0 saturated heterocycles. The predicted molar refractivity (Wildman–Crippen MR) is 73.0 cm³/mol. The lowest BCUT2D eigenvalue weighted by Gasteiger charge is -2.09. The molecule has 0 aliphatic carbocycles. The Labute approximate surface area is 116 Å². The number of H-pyrrole nitrogens is 1. The minimum absolute atomic E-state index is 0.109. The zero-order chi connectivity index (χ0) is 14.2. The number of aromatic nitrogens is 1. The van der Waals surface area contributed by atoms with Crippen LogP contribution in [0.2, 0.25) is 0 Å². The van der Waals surface area contributed by atoms with Crippen LogP contribution < -0.4 is 5.56 Å². The topological polar surface area (TPSA) is 97.1 Å². The van der Waals surface area contributed by atoms with E-state index in [0.717, 1.165) is 0 Å². The summed E-state index contributed by atoms with van der Waals surface area (Å²) in [6.45, 7) is 1.67. The molecule has 0 aliphatic heterocycles. The lowest BCUT2D eigenvalue weighted by atomic mass is 10.00. The maximum atomic E-state index is 11.7. The first-order valence-corrected chi connectivity index (χ1v) is 6.09. The summed E-state index contributed by atoms with van der Waals surface area (Å²) in [5, 5.41) is 28.7. The number of halogens is 1. The maximum absolute atomic E-state index is 11.7. The van der Waals surface area contributed by atoms with Crippen molar-refractivity contribution in [1.29, 1.82) is 5.26 Å². The molecule has 0 amide bonds. The van der Waals surface area contributed by atoms with Crippen LogP contribution >= 0.6 is 15.9 Å². The number of nitriles is 1. The van der Waals surface area contributed by atoms with Crippen LogP contribution in [0.25, 0.3) is 11.1 Å². The van der Waals surface area contributed by atoms with E-state index < -0.39 is 5.56 Å². The van der Waals surface area contributed by atoms with Gasteiger partial charge in [-0.3, -0.25) is 4.79 Å². The molecule has 1 aromatic carbocycles. The van der Waals surface area contributed by atoms with Crippen molar-refractivity contribution in [3.05, 3.63) is 44.3 Å². The molecule has 5 nitrogen and oxygen atoms in total. The minimum Gasteiger partial charge on any atom is -0.504 e. The van der Waals surface area contributed by atoms with Crippen LogP contribution in [0.5, 0.6) is 11.5 Å². The van der Waals surface area contributed by atoms with E-state index in [-0.39, 0.29) is 28.2 Å². The zero-order valence-electron chi connectivity index (χ0n) is 9.86. The summed E-state index contributed by atoms with van der Waals surface area (Å²) in [6, 6.07) is 6.43. The van der Waals surface area contributed by atoms with Crippen LogP contribution in [-0.4, -0.2) is 15.2 Å². The number of rotatable bonds is 1. The summed E-state index contributed by atoms with van der Waals surface area (Å²) in [5.74, 6) is -0.713. The first-order chi connectivity index (χ1) is 8.95. The van der Waals surface area contributed by atoms with Gasteiger partial charge in [0.15, 0.2) is 11.5 Å². The van der Waals surface area contributed by atoms with Gasteiger partial charge < -0.3 is 15.2 Å².